The summed E-state index contributed by atoms with van der Waals surface area (Å²) in [5.41, 5.74) is 0. The van der Waals surface area contributed by atoms with Gasteiger partial charge >= 0.3 is 5.97 Å². The zero-order valence-electron chi connectivity index (χ0n) is 36.7. The number of nitrogens with one attached hydrogen (secondary N) is 1. The predicted molar refractivity (Wildman–Crippen MR) is 236 cm³/mol. The van der Waals surface area contributed by atoms with Crippen LogP contribution in [0.25, 0.3) is 0 Å². The van der Waals surface area contributed by atoms with E-state index < -0.39 is 12.1 Å². The van der Waals surface area contributed by atoms with Crippen molar-refractivity contribution in [3.05, 3.63) is 24.3 Å². The summed E-state index contributed by atoms with van der Waals surface area (Å²) in [5.74, 6) is -0.0835. The minimum Gasteiger partial charge on any atom is -0.466 e. The second-order valence-electron chi connectivity index (χ2n) is 16.4. The van der Waals surface area contributed by atoms with Gasteiger partial charge in [0.15, 0.2) is 0 Å². The molecular weight excluding hydrogens is 683 g/mol. The lowest BCUT2D eigenvalue weighted by Gasteiger charge is -2.20. The van der Waals surface area contributed by atoms with Gasteiger partial charge in [0.25, 0.3) is 0 Å². The molecule has 0 saturated carbocycles. The molecule has 55 heavy (non-hydrogen) atoms. The van der Waals surface area contributed by atoms with Crippen molar-refractivity contribution < 1.29 is 24.5 Å². The van der Waals surface area contributed by atoms with E-state index in [2.05, 4.69) is 31.3 Å². The smallest absolute Gasteiger partial charge is 0.305 e. The Hall–Kier alpha value is -1.66. The van der Waals surface area contributed by atoms with Crippen LogP contribution < -0.4 is 5.32 Å². The minimum atomic E-state index is -0.845. The first-order valence-corrected chi connectivity index (χ1v) is 24.1. The second-order valence-corrected chi connectivity index (χ2v) is 16.4. The highest BCUT2D eigenvalue weighted by molar-refractivity contribution is 5.76. The van der Waals surface area contributed by atoms with E-state index in [1.165, 1.54) is 180 Å². The van der Waals surface area contributed by atoms with Crippen molar-refractivity contribution in [1.82, 2.24) is 5.32 Å². The number of hydrogen-bond donors (Lipinski definition) is 3. The fourth-order valence-electron chi connectivity index (χ4n) is 7.20. The second kappa shape index (κ2) is 45.0. The number of carbonyl (C=O) groups excluding carboxylic acids is 2. The van der Waals surface area contributed by atoms with E-state index in [0.717, 1.165) is 44.9 Å². The van der Waals surface area contributed by atoms with Crippen LogP contribution in [0.1, 0.15) is 251 Å². The minimum absolute atomic E-state index is 0.00745. The van der Waals surface area contributed by atoms with E-state index in [1.54, 1.807) is 6.08 Å². The molecule has 0 fully saturated rings. The Morgan fingerprint density at radius 2 is 0.873 bits per heavy atom. The Balaban J connectivity index is 3.43. The number of ether oxygens (including phenoxy) is 1. The van der Waals surface area contributed by atoms with Crippen LogP contribution in [0.5, 0.6) is 0 Å². The van der Waals surface area contributed by atoms with Gasteiger partial charge in [-0.3, -0.25) is 9.59 Å². The van der Waals surface area contributed by atoms with Gasteiger partial charge in [0.1, 0.15) is 0 Å². The standard InChI is InChI=1S/C49H93NO5/c1-3-5-7-9-11-13-22-27-31-35-39-43-49(54)55-44-40-36-32-28-24-21-19-17-15-16-18-20-23-26-30-34-38-42-48(53)50-46(45-51)47(52)41-37-33-29-25-14-12-10-8-6-4-2/h9,11,37,41,46-47,51-52H,3-8,10,12-36,38-40,42-45H2,1-2H3,(H,50,53)/b11-9-,41-37+. The maximum atomic E-state index is 12.4. The maximum Gasteiger partial charge on any atom is 0.305 e. The largest absolute Gasteiger partial charge is 0.466 e. The lowest BCUT2D eigenvalue weighted by atomic mass is 10.0. The van der Waals surface area contributed by atoms with Gasteiger partial charge in [0.05, 0.1) is 25.4 Å². The van der Waals surface area contributed by atoms with Crippen molar-refractivity contribution in [1.29, 1.82) is 0 Å². The molecule has 0 spiro atoms. The van der Waals surface area contributed by atoms with Gasteiger partial charge in [0.2, 0.25) is 5.91 Å². The quantitative estimate of drug-likeness (QED) is 0.0325. The molecule has 2 unspecified atom stereocenters. The maximum absolute atomic E-state index is 12.4. The molecule has 3 N–H and O–H groups in total. The van der Waals surface area contributed by atoms with Crippen molar-refractivity contribution >= 4 is 11.9 Å². The van der Waals surface area contributed by atoms with Gasteiger partial charge in [0, 0.05) is 12.8 Å². The molecule has 1 amide bonds. The van der Waals surface area contributed by atoms with Gasteiger partial charge in [-0.1, -0.05) is 212 Å². The molecule has 0 aliphatic rings. The first-order valence-electron chi connectivity index (χ1n) is 24.1. The van der Waals surface area contributed by atoms with Gasteiger partial charge in [-0.05, 0) is 51.4 Å². The Kier molecular flexibility index (Phi) is 43.7. The lowest BCUT2D eigenvalue weighted by Crippen LogP contribution is -2.45. The molecule has 0 rings (SSSR count). The number of rotatable bonds is 44. The summed E-state index contributed by atoms with van der Waals surface area (Å²) in [6.45, 7) is 4.82. The summed E-state index contributed by atoms with van der Waals surface area (Å²) < 4.78 is 5.44. The zero-order valence-corrected chi connectivity index (χ0v) is 36.7. The van der Waals surface area contributed by atoms with Crippen LogP contribution in [0.4, 0.5) is 0 Å². The number of aliphatic hydroxyl groups is 2. The van der Waals surface area contributed by atoms with E-state index >= 15 is 0 Å². The summed E-state index contributed by atoms with van der Waals surface area (Å²) in [7, 11) is 0. The Labute approximate surface area is 341 Å². The molecule has 6 nitrogen and oxygen atoms in total. The molecule has 2 atom stereocenters. The average Bonchev–Trinajstić information content (AvgIpc) is 3.18. The molecule has 0 radical (unpaired) electrons. The highest BCUT2D eigenvalue weighted by Gasteiger charge is 2.18. The van der Waals surface area contributed by atoms with Crippen molar-refractivity contribution in [2.24, 2.45) is 0 Å². The van der Waals surface area contributed by atoms with Crippen LogP contribution in [-0.4, -0.2) is 47.4 Å². The predicted octanol–water partition coefficient (Wildman–Crippen LogP) is 14.0. The third-order valence-corrected chi connectivity index (χ3v) is 11.0. The fraction of sp³-hybridized carbons (Fsp3) is 0.878. The highest BCUT2D eigenvalue weighted by atomic mass is 16.5. The van der Waals surface area contributed by atoms with Gasteiger partial charge in [-0.2, -0.15) is 0 Å². The molecular formula is C49H93NO5. The van der Waals surface area contributed by atoms with Crippen LogP contribution in [0.2, 0.25) is 0 Å². The molecule has 324 valence electrons. The number of amides is 1. The Morgan fingerprint density at radius 3 is 1.35 bits per heavy atom. The summed E-state index contributed by atoms with van der Waals surface area (Å²) >= 11 is 0. The third-order valence-electron chi connectivity index (χ3n) is 11.0. The van der Waals surface area contributed by atoms with Crippen LogP contribution >= 0.6 is 0 Å². The summed E-state index contributed by atoms with van der Waals surface area (Å²) in [6, 6.07) is -0.629. The zero-order chi connectivity index (χ0) is 40.1. The monoisotopic (exact) mass is 776 g/mol. The number of allylic oxidation sites excluding steroid dienone is 3. The van der Waals surface area contributed by atoms with Gasteiger partial charge < -0.3 is 20.3 Å². The van der Waals surface area contributed by atoms with Crippen LogP contribution in [0, 0.1) is 0 Å². The molecule has 0 aliphatic carbocycles. The number of carbonyl (C=O) groups is 2. The van der Waals surface area contributed by atoms with E-state index in [4.69, 9.17) is 4.74 Å². The number of aliphatic hydroxyl groups excluding tert-OH is 2. The van der Waals surface area contributed by atoms with Gasteiger partial charge in [-0.25, -0.2) is 0 Å². The molecule has 0 aromatic rings. The number of unbranched alkanes of at least 4 members (excludes halogenated alkanes) is 31. The molecule has 0 heterocycles. The average molecular weight is 776 g/mol. The Morgan fingerprint density at radius 1 is 0.491 bits per heavy atom. The van der Waals surface area contributed by atoms with Crippen LogP contribution in [0.15, 0.2) is 24.3 Å². The van der Waals surface area contributed by atoms with E-state index in [0.29, 0.717) is 19.4 Å². The fourth-order valence-corrected chi connectivity index (χ4v) is 7.20. The van der Waals surface area contributed by atoms with E-state index in [1.807, 2.05) is 6.08 Å². The van der Waals surface area contributed by atoms with Crippen LogP contribution in [-0.2, 0) is 14.3 Å². The van der Waals surface area contributed by atoms with Crippen molar-refractivity contribution in [3.8, 4) is 0 Å². The topological polar surface area (TPSA) is 95.9 Å². The van der Waals surface area contributed by atoms with E-state index in [-0.39, 0.29) is 18.5 Å². The van der Waals surface area contributed by atoms with Crippen molar-refractivity contribution in [3.63, 3.8) is 0 Å². The molecule has 0 aliphatic heterocycles. The summed E-state index contributed by atoms with van der Waals surface area (Å²) in [6.07, 6.45) is 51.7. The SMILES string of the molecule is CCCC/C=C\CCCCCCCC(=O)OCCCCCCCCCCCCCCCCCCCC(=O)NC(CO)C(O)/C=C/CCCCCCCCCC. The molecule has 0 aromatic heterocycles. The van der Waals surface area contributed by atoms with E-state index in [9.17, 15) is 19.8 Å². The van der Waals surface area contributed by atoms with Crippen LogP contribution in [0.3, 0.4) is 0 Å². The summed E-state index contributed by atoms with van der Waals surface area (Å²) in [5, 5.41) is 22.9. The van der Waals surface area contributed by atoms with Gasteiger partial charge in [-0.15, -0.1) is 0 Å². The molecule has 6 heteroatoms. The lowest BCUT2D eigenvalue weighted by molar-refractivity contribution is -0.143. The van der Waals surface area contributed by atoms with Crippen molar-refractivity contribution in [2.75, 3.05) is 13.2 Å². The molecule has 0 saturated heterocycles. The highest BCUT2D eigenvalue weighted by Crippen LogP contribution is 2.15. The number of esters is 1. The first kappa shape index (κ1) is 53.3. The Bertz CT molecular complexity index is 858. The summed E-state index contributed by atoms with van der Waals surface area (Å²) in [4.78, 5) is 24.3. The molecule has 0 aromatic carbocycles. The normalized spacial score (nSPS) is 12.9. The number of hydrogen-bond acceptors (Lipinski definition) is 5. The first-order chi connectivity index (χ1) is 27.0. The molecule has 0 bridgehead atoms. The third kappa shape index (κ3) is 41.8. The van der Waals surface area contributed by atoms with Crippen molar-refractivity contribution in [2.45, 2.75) is 264 Å².